The molecule has 0 spiro atoms. The number of rotatable bonds is 5. The van der Waals surface area contributed by atoms with E-state index in [-0.39, 0.29) is 11.9 Å². The molecule has 0 amide bonds. The maximum Gasteiger partial charge on any atom is 0.146 e. The van der Waals surface area contributed by atoms with E-state index in [2.05, 4.69) is 24.1 Å². The van der Waals surface area contributed by atoms with Crippen LogP contribution in [0.4, 0.5) is 4.39 Å². The highest BCUT2D eigenvalue weighted by Gasteiger charge is 2.29. The minimum atomic E-state index is -0.172. The smallest absolute Gasteiger partial charge is 0.146 e. The molecular weight excluding hydrogens is 239 g/mol. The Bertz CT molecular complexity index is 394. The van der Waals surface area contributed by atoms with Crippen LogP contribution in [-0.4, -0.2) is 11.5 Å². The zero-order chi connectivity index (χ0) is 13.7. The van der Waals surface area contributed by atoms with Gasteiger partial charge in [-0.1, -0.05) is 26.7 Å². The lowest BCUT2D eigenvalue weighted by atomic mass is 9.77. The second-order valence-corrected chi connectivity index (χ2v) is 5.83. The molecule has 0 bridgehead atoms. The summed E-state index contributed by atoms with van der Waals surface area (Å²) in [6.45, 7) is 5.37. The minimum absolute atomic E-state index is 0.0731. The first-order valence-corrected chi connectivity index (χ1v) is 7.56. The van der Waals surface area contributed by atoms with Crippen molar-refractivity contribution in [3.05, 3.63) is 29.8 Å². The predicted octanol–water partition coefficient (Wildman–Crippen LogP) is 4.09. The van der Waals surface area contributed by atoms with Gasteiger partial charge in [0.1, 0.15) is 5.82 Å². The molecule has 2 rings (SSSR count). The van der Waals surface area contributed by atoms with Crippen LogP contribution in [-0.2, 0) is 0 Å². The molecular formula is C16H25FN2. The van der Waals surface area contributed by atoms with Crippen LogP contribution >= 0.6 is 0 Å². The van der Waals surface area contributed by atoms with Crippen molar-refractivity contribution in [2.45, 2.75) is 52.0 Å². The van der Waals surface area contributed by atoms with Crippen molar-refractivity contribution in [3.8, 4) is 0 Å². The average Bonchev–Trinajstić information content (AvgIpc) is 2.41. The molecule has 3 atom stereocenters. The molecule has 1 fully saturated rings. The summed E-state index contributed by atoms with van der Waals surface area (Å²) in [5, 5.41) is 3.51. The number of pyridine rings is 1. The Morgan fingerprint density at radius 3 is 3.00 bits per heavy atom. The first-order chi connectivity index (χ1) is 9.22. The van der Waals surface area contributed by atoms with Gasteiger partial charge in [-0.15, -0.1) is 0 Å². The number of hydrogen-bond acceptors (Lipinski definition) is 2. The summed E-state index contributed by atoms with van der Waals surface area (Å²) < 4.78 is 14.0. The van der Waals surface area contributed by atoms with E-state index in [1.807, 2.05) is 0 Å². The fourth-order valence-corrected chi connectivity index (χ4v) is 3.20. The first-order valence-electron chi connectivity index (χ1n) is 7.56. The zero-order valence-electron chi connectivity index (χ0n) is 12.0. The number of aromatic nitrogens is 1. The largest absolute Gasteiger partial charge is 0.308 e. The van der Waals surface area contributed by atoms with Gasteiger partial charge in [0, 0.05) is 6.20 Å². The Balaban J connectivity index is 2.17. The highest BCUT2D eigenvalue weighted by Crippen LogP contribution is 2.37. The molecule has 106 valence electrons. The van der Waals surface area contributed by atoms with Gasteiger partial charge in [-0.3, -0.25) is 4.98 Å². The van der Waals surface area contributed by atoms with Crippen molar-refractivity contribution in [1.29, 1.82) is 0 Å². The number of hydrogen-bond donors (Lipinski definition) is 1. The zero-order valence-corrected chi connectivity index (χ0v) is 12.0. The van der Waals surface area contributed by atoms with E-state index in [0.29, 0.717) is 11.6 Å². The van der Waals surface area contributed by atoms with Gasteiger partial charge in [-0.25, -0.2) is 4.39 Å². The molecule has 1 heterocycles. The number of halogens is 1. The summed E-state index contributed by atoms with van der Waals surface area (Å²) in [5.41, 5.74) is 0.607. The molecule has 0 saturated heterocycles. The van der Waals surface area contributed by atoms with E-state index in [9.17, 15) is 4.39 Å². The van der Waals surface area contributed by atoms with Crippen LogP contribution in [0, 0.1) is 17.7 Å². The monoisotopic (exact) mass is 264 g/mol. The van der Waals surface area contributed by atoms with Gasteiger partial charge in [-0.05, 0) is 49.8 Å². The lowest BCUT2D eigenvalue weighted by molar-refractivity contribution is 0.217. The molecule has 0 radical (unpaired) electrons. The van der Waals surface area contributed by atoms with Crippen LogP contribution in [0.5, 0.6) is 0 Å². The van der Waals surface area contributed by atoms with E-state index < -0.39 is 0 Å². The van der Waals surface area contributed by atoms with Crippen molar-refractivity contribution in [2.24, 2.45) is 11.8 Å². The van der Waals surface area contributed by atoms with E-state index >= 15 is 0 Å². The fraction of sp³-hybridized carbons (Fsp3) is 0.688. The normalized spacial score (nSPS) is 25.2. The van der Waals surface area contributed by atoms with E-state index in [4.69, 9.17) is 0 Å². The molecule has 3 unspecified atom stereocenters. The van der Waals surface area contributed by atoms with E-state index in [0.717, 1.165) is 18.9 Å². The van der Waals surface area contributed by atoms with Crippen LogP contribution in [0.1, 0.15) is 57.7 Å². The number of nitrogens with zero attached hydrogens (tertiary/aromatic N) is 1. The van der Waals surface area contributed by atoms with Gasteiger partial charge >= 0.3 is 0 Å². The molecule has 2 nitrogen and oxygen atoms in total. The summed E-state index contributed by atoms with van der Waals surface area (Å²) in [7, 11) is 0. The molecule has 1 N–H and O–H groups in total. The topological polar surface area (TPSA) is 24.9 Å². The Hall–Kier alpha value is -0.960. The predicted molar refractivity (Wildman–Crippen MR) is 76.4 cm³/mol. The van der Waals surface area contributed by atoms with Crippen LogP contribution in [0.15, 0.2) is 18.3 Å². The summed E-state index contributed by atoms with van der Waals surface area (Å²) in [4.78, 5) is 4.29. The third kappa shape index (κ3) is 3.75. The summed E-state index contributed by atoms with van der Waals surface area (Å²) in [6.07, 6.45) is 7.68. The van der Waals surface area contributed by atoms with Gasteiger partial charge in [-0.2, -0.15) is 0 Å². The summed E-state index contributed by atoms with van der Waals surface area (Å²) >= 11 is 0. The van der Waals surface area contributed by atoms with Gasteiger partial charge < -0.3 is 5.32 Å². The molecule has 1 aliphatic carbocycles. The molecule has 0 aliphatic heterocycles. The SMILES string of the molecule is CCCNC(c1ncccc1F)C1CCCC(C)C1. The van der Waals surface area contributed by atoms with Crippen LogP contribution in [0.25, 0.3) is 0 Å². The van der Waals surface area contributed by atoms with E-state index in [1.165, 1.54) is 31.7 Å². The van der Waals surface area contributed by atoms with Crippen LogP contribution in [0.2, 0.25) is 0 Å². The maximum atomic E-state index is 14.0. The second kappa shape index (κ2) is 6.99. The lowest BCUT2D eigenvalue weighted by Gasteiger charge is -2.33. The molecule has 1 saturated carbocycles. The summed E-state index contributed by atoms with van der Waals surface area (Å²) in [6, 6.07) is 3.26. The Morgan fingerprint density at radius 2 is 2.32 bits per heavy atom. The van der Waals surface area contributed by atoms with Crippen molar-refractivity contribution in [1.82, 2.24) is 10.3 Å². The molecule has 0 aromatic carbocycles. The van der Waals surface area contributed by atoms with Gasteiger partial charge in [0.15, 0.2) is 0 Å². The Kier molecular flexibility index (Phi) is 5.32. The minimum Gasteiger partial charge on any atom is -0.308 e. The molecule has 19 heavy (non-hydrogen) atoms. The number of nitrogens with one attached hydrogen (secondary N) is 1. The van der Waals surface area contributed by atoms with Gasteiger partial charge in [0.25, 0.3) is 0 Å². The average molecular weight is 264 g/mol. The fourth-order valence-electron chi connectivity index (χ4n) is 3.20. The van der Waals surface area contributed by atoms with Crippen molar-refractivity contribution in [3.63, 3.8) is 0 Å². The summed E-state index contributed by atoms with van der Waals surface area (Å²) in [5.74, 6) is 1.09. The van der Waals surface area contributed by atoms with Crippen LogP contribution in [0.3, 0.4) is 0 Å². The standard InChI is InChI=1S/C16H25FN2/c1-3-9-18-15(13-7-4-6-12(2)11-13)16-14(17)8-5-10-19-16/h5,8,10,12-13,15,18H,3-4,6-7,9,11H2,1-2H3. The highest BCUT2D eigenvalue weighted by molar-refractivity contribution is 5.13. The van der Waals surface area contributed by atoms with Crippen LogP contribution < -0.4 is 5.32 Å². The van der Waals surface area contributed by atoms with E-state index in [1.54, 1.807) is 12.3 Å². The van der Waals surface area contributed by atoms with Gasteiger partial charge in [0.2, 0.25) is 0 Å². The first kappa shape index (κ1) is 14.4. The molecule has 3 heteroatoms. The van der Waals surface area contributed by atoms with Gasteiger partial charge in [0.05, 0.1) is 11.7 Å². The second-order valence-electron chi connectivity index (χ2n) is 5.83. The van der Waals surface area contributed by atoms with Crippen molar-refractivity contribution >= 4 is 0 Å². The quantitative estimate of drug-likeness (QED) is 0.866. The lowest BCUT2D eigenvalue weighted by Crippen LogP contribution is -2.33. The Morgan fingerprint density at radius 1 is 1.47 bits per heavy atom. The Labute approximate surface area is 115 Å². The van der Waals surface area contributed by atoms with Crippen molar-refractivity contribution in [2.75, 3.05) is 6.54 Å². The molecule has 1 aliphatic rings. The third-order valence-corrected chi connectivity index (χ3v) is 4.14. The van der Waals surface area contributed by atoms with Crippen molar-refractivity contribution < 1.29 is 4.39 Å². The third-order valence-electron chi connectivity index (χ3n) is 4.14. The molecule has 1 aromatic rings. The molecule has 1 aromatic heterocycles. The highest BCUT2D eigenvalue weighted by atomic mass is 19.1. The maximum absolute atomic E-state index is 14.0.